The van der Waals surface area contributed by atoms with Crippen LogP contribution in [0.25, 0.3) is 11.3 Å². The number of anilines is 1. The van der Waals surface area contributed by atoms with E-state index in [-0.39, 0.29) is 0 Å². The molecule has 3 atom stereocenters. The molecule has 3 aliphatic rings. The molecule has 3 heterocycles. The van der Waals surface area contributed by atoms with Gasteiger partial charge in [0.05, 0.1) is 23.1 Å². The van der Waals surface area contributed by atoms with E-state index in [1.165, 1.54) is 18.5 Å². The van der Waals surface area contributed by atoms with Crippen molar-refractivity contribution < 1.29 is 0 Å². The minimum atomic E-state index is 0.305. The maximum Gasteiger partial charge on any atom is 0.223 e. The molecule has 2 saturated carbocycles. The monoisotopic (exact) mass is 372 g/mol. The molecule has 2 aliphatic carbocycles. The van der Waals surface area contributed by atoms with Crippen LogP contribution in [0.5, 0.6) is 0 Å². The Hall–Kier alpha value is -1.66. The van der Waals surface area contributed by atoms with Gasteiger partial charge < -0.3 is 11.1 Å². The van der Waals surface area contributed by atoms with Gasteiger partial charge in [-0.25, -0.2) is 9.97 Å². The summed E-state index contributed by atoms with van der Waals surface area (Å²) < 4.78 is 2.14. The Morgan fingerprint density at radius 3 is 2.92 bits per heavy atom. The average Bonchev–Trinajstić information content (AvgIpc) is 3.11. The Labute approximate surface area is 158 Å². The zero-order valence-corrected chi connectivity index (χ0v) is 15.8. The van der Waals surface area contributed by atoms with Gasteiger partial charge in [0.15, 0.2) is 0 Å². The van der Waals surface area contributed by atoms with Crippen molar-refractivity contribution in [2.45, 2.75) is 64.1 Å². The summed E-state index contributed by atoms with van der Waals surface area (Å²) in [5, 5.41) is 8.66. The van der Waals surface area contributed by atoms with E-state index in [0.29, 0.717) is 34.4 Å². The van der Waals surface area contributed by atoms with Crippen LogP contribution in [-0.2, 0) is 13.0 Å². The Balaban J connectivity index is 1.40. The van der Waals surface area contributed by atoms with E-state index >= 15 is 0 Å². The Bertz CT molecular complexity index is 843. The fourth-order valence-electron chi connectivity index (χ4n) is 4.53. The molecule has 5 rings (SSSR count). The van der Waals surface area contributed by atoms with E-state index in [1.54, 1.807) is 6.20 Å². The van der Waals surface area contributed by atoms with Crippen LogP contribution < -0.4 is 11.1 Å². The third kappa shape index (κ3) is 2.79. The molecule has 26 heavy (non-hydrogen) atoms. The van der Waals surface area contributed by atoms with Crippen LogP contribution in [0.2, 0.25) is 5.02 Å². The molecule has 2 aromatic heterocycles. The summed E-state index contributed by atoms with van der Waals surface area (Å²) in [7, 11) is 0. The van der Waals surface area contributed by atoms with E-state index in [9.17, 15) is 0 Å². The van der Waals surface area contributed by atoms with Crippen LogP contribution in [0.15, 0.2) is 12.4 Å². The molecule has 2 fully saturated rings. The standard InChI is InChI=1S/C19H25ClN6/c1-11-6-12(2-3-15(11)21)24-18-22-9-14(20)17(25-18)13-8-23-26-10-19(4-5-19)7-16(13)26/h8-9,11-12,15H,2-7,10,21H2,1H3,(H,22,24,25)/t11-,12+,15+/m1/s1. The van der Waals surface area contributed by atoms with E-state index in [1.807, 2.05) is 6.20 Å². The fraction of sp³-hybridized carbons (Fsp3) is 0.632. The molecular formula is C19H25ClN6. The van der Waals surface area contributed by atoms with Crippen molar-refractivity contribution in [1.82, 2.24) is 19.7 Å². The predicted octanol–water partition coefficient (Wildman–Crippen LogP) is 3.26. The lowest BCUT2D eigenvalue weighted by Gasteiger charge is -2.32. The van der Waals surface area contributed by atoms with Gasteiger partial charge in [0, 0.05) is 29.9 Å². The molecule has 6 nitrogen and oxygen atoms in total. The highest BCUT2D eigenvalue weighted by atomic mass is 35.5. The summed E-state index contributed by atoms with van der Waals surface area (Å²) >= 11 is 6.45. The second-order valence-corrected chi connectivity index (χ2v) is 8.93. The number of nitrogens with zero attached hydrogens (tertiary/aromatic N) is 4. The van der Waals surface area contributed by atoms with Crippen molar-refractivity contribution in [1.29, 1.82) is 0 Å². The van der Waals surface area contributed by atoms with Gasteiger partial charge in [-0.3, -0.25) is 4.68 Å². The van der Waals surface area contributed by atoms with Crippen molar-refractivity contribution in [3.63, 3.8) is 0 Å². The maximum absolute atomic E-state index is 6.45. The number of fused-ring (bicyclic) bond motifs is 1. The summed E-state index contributed by atoms with van der Waals surface area (Å²) in [5.41, 5.74) is 9.73. The van der Waals surface area contributed by atoms with Crippen molar-refractivity contribution >= 4 is 17.5 Å². The van der Waals surface area contributed by atoms with Crippen molar-refractivity contribution in [2.75, 3.05) is 5.32 Å². The smallest absolute Gasteiger partial charge is 0.223 e. The van der Waals surface area contributed by atoms with E-state index in [4.69, 9.17) is 22.3 Å². The molecule has 2 aromatic rings. The molecule has 3 N–H and O–H groups in total. The first-order valence-corrected chi connectivity index (χ1v) is 10.0. The second kappa shape index (κ2) is 5.92. The van der Waals surface area contributed by atoms with Crippen LogP contribution in [0.1, 0.15) is 44.7 Å². The zero-order valence-electron chi connectivity index (χ0n) is 15.1. The summed E-state index contributed by atoms with van der Waals surface area (Å²) in [4.78, 5) is 9.17. The normalized spacial score (nSPS) is 29.0. The second-order valence-electron chi connectivity index (χ2n) is 8.52. The first-order valence-electron chi connectivity index (χ1n) is 9.63. The Morgan fingerprint density at radius 2 is 2.15 bits per heavy atom. The van der Waals surface area contributed by atoms with Crippen LogP contribution in [0.4, 0.5) is 5.95 Å². The van der Waals surface area contributed by atoms with Crippen LogP contribution in [-0.4, -0.2) is 31.8 Å². The molecular weight excluding hydrogens is 348 g/mol. The molecule has 1 aliphatic heterocycles. The van der Waals surface area contributed by atoms with Crippen molar-refractivity contribution in [3.05, 3.63) is 23.1 Å². The Morgan fingerprint density at radius 1 is 1.31 bits per heavy atom. The van der Waals surface area contributed by atoms with Gasteiger partial charge in [0.25, 0.3) is 0 Å². The number of hydrogen-bond donors (Lipinski definition) is 2. The molecule has 0 unspecified atom stereocenters. The molecule has 7 heteroatoms. The van der Waals surface area contributed by atoms with Gasteiger partial charge >= 0.3 is 0 Å². The minimum Gasteiger partial charge on any atom is -0.351 e. The summed E-state index contributed by atoms with van der Waals surface area (Å²) in [6, 6.07) is 0.672. The van der Waals surface area contributed by atoms with Crippen LogP contribution in [0, 0.1) is 11.3 Å². The summed E-state index contributed by atoms with van der Waals surface area (Å²) in [6.07, 6.45) is 10.5. The number of nitrogens with one attached hydrogen (secondary N) is 1. The molecule has 1 spiro atoms. The molecule has 0 amide bonds. The van der Waals surface area contributed by atoms with Crippen molar-refractivity contribution in [3.8, 4) is 11.3 Å². The quantitative estimate of drug-likeness (QED) is 0.864. The SMILES string of the molecule is C[C@@H]1C[C@@H](Nc2ncc(Cl)c(-c3cnn4c3CC3(CC3)C4)n2)CC[C@@H]1N. The minimum absolute atomic E-state index is 0.305. The average molecular weight is 373 g/mol. The van der Waals surface area contributed by atoms with E-state index < -0.39 is 0 Å². The van der Waals surface area contributed by atoms with Gasteiger partial charge in [0.1, 0.15) is 0 Å². The zero-order chi connectivity index (χ0) is 17.9. The van der Waals surface area contributed by atoms with Gasteiger partial charge in [-0.15, -0.1) is 0 Å². The molecule has 138 valence electrons. The maximum atomic E-state index is 6.45. The Kier molecular flexibility index (Phi) is 3.76. The van der Waals surface area contributed by atoms with E-state index in [2.05, 4.69) is 27.0 Å². The number of halogens is 1. The van der Waals surface area contributed by atoms with Gasteiger partial charge in [0.2, 0.25) is 5.95 Å². The highest BCUT2D eigenvalue weighted by Gasteiger charge is 2.48. The number of aromatic nitrogens is 4. The molecule has 0 aromatic carbocycles. The van der Waals surface area contributed by atoms with Gasteiger partial charge in [-0.05, 0) is 49.9 Å². The largest absolute Gasteiger partial charge is 0.351 e. The lowest BCUT2D eigenvalue weighted by Crippen LogP contribution is -2.39. The predicted molar refractivity (Wildman–Crippen MR) is 102 cm³/mol. The third-order valence-electron chi connectivity index (χ3n) is 6.50. The molecule has 0 radical (unpaired) electrons. The third-order valence-corrected chi connectivity index (χ3v) is 6.78. The fourth-order valence-corrected chi connectivity index (χ4v) is 4.72. The molecule has 0 saturated heterocycles. The number of nitrogens with two attached hydrogens (primary N) is 1. The van der Waals surface area contributed by atoms with Crippen molar-refractivity contribution in [2.24, 2.45) is 17.1 Å². The first kappa shape index (κ1) is 16.5. The topological polar surface area (TPSA) is 81.7 Å². The highest BCUT2D eigenvalue weighted by molar-refractivity contribution is 6.32. The van der Waals surface area contributed by atoms with Gasteiger partial charge in [-0.2, -0.15) is 5.10 Å². The lowest BCUT2D eigenvalue weighted by atomic mass is 9.83. The van der Waals surface area contributed by atoms with Crippen LogP contribution in [0.3, 0.4) is 0 Å². The highest BCUT2D eigenvalue weighted by Crippen LogP contribution is 2.54. The lowest BCUT2D eigenvalue weighted by molar-refractivity contribution is 0.310. The summed E-state index contributed by atoms with van der Waals surface area (Å²) in [5.74, 6) is 1.16. The molecule has 0 bridgehead atoms. The van der Waals surface area contributed by atoms with E-state index in [0.717, 1.165) is 43.5 Å². The number of rotatable bonds is 3. The van der Waals surface area contributed by atoms with Gasteiger partial charge in [-0.1, -0.05) is 18.5 Å². The first-order chi connectivity index (χ1) is 12.5. The number of hydrogen-bond acceptors (Lipinski definition) is 5. The van der Waals surface area contributed by atoms with Crippen LogP contribution >= 0.6 is 11.6 Å². The summed E-state index contributed by atoms with van der Waals surface area (Å²) in [6.45, 7) is 3.26.